The van der Waals surface area contributed by atoms with E-state index in [4.69, 9.17) is 16.7 Å². The fraction of sp³-hybridized carbons (Fsp3) is 0.538. The lowest BCUT2D eigenvalue weighted by Crippen LogP contribution is -2.41. The van der Waals surface area contributed by atoms with Crippen LogP contribution in [0, 0.1) is 0 Å². The van der Waals surface area contributed by atoms with Crippen LogP contribution in [0.5, 0.6) is 0 Å². The number of likely N-dealkylation sites (tertiary alicyclic amines) is 1. The highest BCUT2D eigenvalue weighted by atomic mass is 35.5. The zero-order chi connectivity index (χ0) is 15.0. The lowest BCUT2D eigenvalue weighted by atomic mass is 10.2. The average Bonchev–Trinajstić information content (AvgIpc) is 2.91. The van der Waals surface area contributed by atoms with Crippen LogP contribution in [-0.4, -0.2) is 50.2 Å². The topological polar surface area (TPSA) is 82.8 Å². The minimum Gasteiger partial charge on any atom is -0.480 e. The molecule has 1 saturated heterocycles. The molecular formula is C13H17ClN2O4. The Balaban J connectivity index is 2.33. The van der Waals surface area contributed by atoms with Crippen LogP contribution < -0.4 is 0 Å². The molecule has 2 atom stereocenters. The molecule has 1 aliphatic rings. The maximum Gasteiger partial charge on any atom is 0.326 e. The number of hydrogen-bond donors (Lipinski definition) is 2. The number of aliphatic hydroxyl groups is 1. The summed E-state index contributed by atoms with van der Waals surface area (Å²) in [7, 11) is 0. The number of rotatable bonds is 3. The van der Waals surface area contributed by atoms with Crippen molar-refractivity contribution in [1.29, 1.82) is 0 Å². The maximum absolute atomic E-state index is 12.5. The van der Waals surface area contributed by atoms with Crippen molar-refractivity contribution >= 4 is 23.5 Å². The maximum atomic E-state index is 12.5. The number of nitrogens with zero attached hydrogens (tertiary/aromatic N) is 2. The highest BCUT2D eigenvalue weighted by Gasteiger charge is 2.40. The Labute approximate surface area is 121 Å². The second kappa shape index (κ2) is 5.46. The number of hydrogen-bond acceptors (Lipinski definition) is 3. The van der Waals surface area contributed by atoms with E-state index >= 15 is 0 Å². The summed E-state index contributed by atoms with van der Waals surface area (Å²) < 4.78 is 1.70. The molecule has 2 unspecified atom stereocenters. The van der Waals surface area contributed by atoms with E-state index in [1.54, 1.807) is 10.8 Å². The van der Waals surface area contributed by atoms with Gasteiger partial charge in [0.1, 0.15) is 11.7 Å². The van der Waals surface area contributed by atoms with E-state index < -0.39 is 24.0 Å². The molecule has 6 nitrogen and oxygen atoms in total. The molecule has 20 heavy (non-hydrogen) atoms. The third-order valence-electron chi connectivity index (χ3n) is 3.42. The molecule has 2 heterocycles. The van der Waals surface area contributed by atoms with E-state index in [9.17, 15) is 14.7 Å². The summed E-state index contributed by atoms with van der Waals surface area (Å²) in [5.74, 6) is -1.53. The van der Waals surface area contributed by atoms with Gasteiger partial charge in [-0.1, -0.05) is 11.6 Å². The monoisotopic (exact) mass is 300 g/mol. The van der Waals surface area contributed by atoms with Gasteiger partial charge in [-0.3, -0.25) is 4.79 Å². The fourth-order valence-electron chi connectivity index (χ4n) is 2.46. The first-order chi connectivity index (χ1) is 9.31. The van der Waals surface area contributed by atoms with Gasteiger partial charge < -0.3 is 19.7 Å². The Morgan fingerprint density at radius 3 is 2.65 bits per heavy atom. The molecule has 1 fully saturated rings. The molecule has 0 bridgehead atoms. The van der Waals surface area contributed by atoms with Crippen LogP contribution >= 0.6 is 11.6 Å². The molecule has 0 saturated carbocycles. The molecule has 0 aromatic carbocycles. The van der Waals surface area contributed by atoms with Gasteiger partial charge in [0, 0.05) is 25.2 Å². The Morgan fingerprint density at radius 2 is 2.10 bits per heavy atom. The number of amides is 1. The lowest BCUT2D eigenvalue weighted by Gasteiger charge is -2.22. The molecule has 1 amide bonds. The van der Waals surface area contributed by atoms with E-state index in [0.29, 0.717) is 10.7 Å². The van der Waals surface area contributed by atoms with Gasteiger partial charge in [0.2, 0.25) is 0 Å². The minimum atomic E-state index is -1.11. The number of carbonyl (C=O) groups excluding carboxylic acids is 1. The molecule has 0 aliphatic carbocycles. The number of aliphatic hydroxyl groups excluding tert-OH is 1. The van der Waals surface area contributed by atoms with E-state index in [1.165, 1.54) is 11.0 Å². The lowest BCUT2D eigenvalue weighted by molar-refractivity contribution is -0.141. The molecule has 1 aromatic rings. The van der Waals surface area contributed by atoms with Crippen LogP contribution in [-0.2, 0) is 4.79 Å². The molecule has 1 aromatic heterocycles. The van der Waals surface area contributed by atoms with Crippen molar-refractivity contribution in [3.05, 3.63) is 23.0 Å². The SMILES string of the molecule is CC(C)n1cc(Cl)cc1C(=O)N1CC(O)CC1C(=O)O. The smallest absolute Gasteiger partial charge is 0.326 e. The molecule has 0 spiro atoms. The van der Waals surface area contributed by atoms with E-state index in [-0.39, 0.29) is 19.0 Å². The number of aromatic nitrogens is 1. The van der Waals surface area contributed by atoms with Crippen LogP contribution in [0.4, 0.5) is 0 Å². The number of carboxylic acids is 1. The molecule has 2 rings (SSSR count). The first kappa shape index (κ1) is 14.9. The van der Waals surface area contributed by atoms with Gasteiger partial charge in [0.25, 0.3) is 5.91 Å². The van der Waals surface area contributed by atoms with Gasteiger partial charge in [-0.2, -0.15) is 0 Å². The van der Waals surface area contributed by atoms with Crippen molar-refractivity contribution in [2.75, 3.05) is 6.54 Å². The highest BCUT2D eigenvalue weighted by Crippen LogP contribution is 2.25. The second-order valence-electron chi connectivity index (χ2n) is 5.25. The quantitative estimate of drug-likeness (QED) is 0.883. The van der Waals surface area contributed by atoms with Crippen LogP contribution in [0.1, 0.15) is 36.8 Å². The number of halogens is 1. The molecular weight excluding hydrogens is 284 g/mol. The number of β-amino-alcohol motifs (C(OH)–C–C–N with tert-alkyl or cyclic N) is 1. The van der Waals surface area contributed by atoms with Gasteiger partial charge in [0.05, 0.1) is 11.1 Å². The molecule has 0 radical (unpaired) electrons. The predicted molar refractivity (Wildman–Crippen MR) is 72.9 cm³/mol. The van der Waals surface area contributed by atoms with Gasteiger partial charge in [-0.05, 0) is 19.9 Å². The summed E-state index contributed by atoms with van der Waals surface area (Å²) in [5, 5.41) is 19.2. The Kier molecular flexibility index (Phi) is 4.06. The van der Waals surface area contributed by atoms with Crippen LogP contribution in [0.15, 0.2) is 12.3 Å². The summed E-state index contributed by atoms with van der Waals surface area (Å²) in [6.07, 6.45) is 0.886. The van der Waals surface area contributed by atoms with Crippen molar-refractivity contribution in [3.63, 3.8) is 0 Å². The largest absolute Gasteiger partial charge is 0.480 e. The minimum absolute atomic E-state index is 0.0245. The Hall–Kier alpha value is -1.53. The zero-order valence-electron chi connectivity index (χ0n) is 11.3. The van der Waals surface area contributed by atoms with Crippen LogP contribution in [0.2, 0.25) is 5.02 Å². The zero-order valence-corrected chi connectivity index (χ0v) is 12.0. The third kappa shape index (κ3) is 2.66. The predicted octanol–water partition coefficient (Wildman–Crippen LogP) is 1.38. The van der Waals surface area contributed by atoms with Crippen LogP contribution in [0.3, 0.4) is 0 Å². The summed E-state index contributed by atoms with van der Waals surface area (Å²) in [4.78, 5) is 24.9. The van der Waals surface area contributed by atoms with E-state index in [1.807, 2.05) is 13.8 Å². The average molecular weight is 301 g/mol. The number of carbonyl (C=O) groups is 2. The molecule has 1 aliphatic heterocycles. The van der Waals surface area contributed by atoms with Gasteiger partial charge in [-0.25, -0.2) is 4.79 Å². The standard InChI is InChI=1S/C13H17ClN2O4/c1-7(2)15-5-8(14)3-10(15)12(18)16-6-9(17)4-11(16)13(19)20/h3,5,7,9,11,17H,4,6H2,1-2H3,(H,19,20). The first-order valence-electron chi connectivity index (χ1n) is 6.40. The van der Waals surface area contributed by atoms with Crippen molar-refractivity contribution in [2.24, 2.45) is 0 Å². The molecule has 110 valence electrons. The summed E-state index contributed by atoms with van der Waals surface area (Å²) in [6.45, 7) is 3.83. The Morgan fingerprint density at radius 1 is 1.45 bits per heavy atom. The van der Waals surface area contributed by atoms with E-state index in [0.717, 1.165) is 0 Å². The second-order valence-corrected chi connectivity index (χ2v) is 5.68. The number of aliphatic carboxylic acids is 1. The van der Waals surface area contributed by atoms with Crippen molar-refractivity contribution in [2.45, 2.75) is 38.5 Å². The molecule has 7 heteroatoms. The highest BCUT2D eigenvalue weighted by molar-refractivity contribution is 6.31. The van der Waals surface area contributed by atoms with Gasteiger partial charge in [0.15, 0.2) is 0 Å². The fourth-order valence-corrected chi connectivity index (χ4v) is 2.67. The molecule has 2 N–H and O–H groups in total. The number of carboxylic acid groups (broad SMARTS) is 1. The van der Waals surface area contributed by atoms with Crippen molar-refractivity contribution < 1.29 is 19.8 Å². The van der Waals surface area contributed by atoms with Crippen molar-refractivity contribution in [3.8, 4) is 0 Å². The van der Waals surface area contributed by atoms with Gasteiger partial charge in [-0.15, -0.1) is 0 Å². The van der Waals surface area contributed by atoms with Gasteiger partial charge >= 0.3 is 5.97 Å². The van der Waals surface area contributed by atoms with Crippen LogP contribution in [0.25, 0.3) is 0 Å². The first-order valence-corrected chi connectivity index (χ1v) is 6.78. The third-order valence-corrected chi connectivity index (χ3v) is 3.62. The summed E-state index contributed by atoms with van der Waals surface area (Å²) >= 11 is 5.93. The summed E-state index contributed by atoms with van der Waals surface area (Å²) in [6, 6.07) is 0.553. The normalized spacial score (nSPS) is 22.6. The summed E-state index contributed by atoms with van der Waals surface area (Å²) in [5.41, 5.74) is 0.338. The van der Waals surface area contributed by atoms with E-state index in [2.05, 4.69) is 0 Å². The van der Waals surface area contributed by atoms with Crippen molar-refractivity contribution in [1.82, 2.24) is 9.47 Å². The Bertz CT molecular complexity index is 540.